The fourth-order valence-electron chi connectivity index (χ4n) is 4.74. The Labute approximate surface area is 250 Å². The SMILES string of the molecule is CCOC(=O)C1=C(C)NC(C)=C(C(=O)OC)C1c1cc([N+](=O)[O-])ccc1OCCCCNCC(O)COc1ccccc1. The quantitative estimate of drug-likeness (QED) is 0.112. The van der Waals surface area contributed by atoms with Crippen molar-refractivity contribution < 1.29 is 38.6 Å². The number of carbonyl (C=O) groups excluding carboxylic acids is 2. The number of methoxy groups -OCH3 is 1. The van der Waals surface area contributed by atoms with Gasteiger partial charge in [0.05, 0.1) is 42.3 Å². The third kappa shape index (κ3) is 9.03. The van der Waals surface area contributed by atoms with E-state index in [1.807, 2.05) is 30.3 Å². The predicted molar refractivity (Wildman–Crippen MR) is 159 cm³/mol. The molecule has 0 amide bonds. The van der Waals surface area contributed by atoms with Crippen LogP contribution in [0.5, 0.6) is 11.5 Å². The van der Waals surface area contributed by atoms with E-state index in [2.05, 4.69) is 10.6 Å². The van der Waals surface area contributed by atoms with Crippen LogP contribution >= 0.6 is 0 Å². The fraction of sp³-hybridized carbons (Fsp3) is 0.419. The van der Waals surface area contributed by atoms with E-state index in [9.17, 15) is 24.8 Å². The maximum atomic E-state index is 13.1. The Morgan fingerprint density at radius 2 is 1.74 bits per heavy atom. The van der Waals surface area contributed by atoms with E-state index in [4.69, 9.17) is 18.9 Å². The van der Waals surface area contributed by atoms with Gasteiger partial charge in [-0.2, -0.15) is 0 Å². The minimum atomic E-state index is -1.02. The van der Waals surface area contributed by atoms with Gasteiger partial charge in [0.2, 0.25) is 0 Å². The Kier molecular flexibility index (Phi) is 12.5. The summed E-state index contributed by atoms with van der Waals surface area (Å²) in [6.45, 7) is 6.52. The van der Waals surface area contributed by atoms with Crippen LogP contribution in [0.25, 0.3) is 0 Å². The number of esters is 2. The van der Waals surface area contributed by atoms with E-state index < -0.39 is 28.9 Å². The van der Waals surface area contributed by atoms with Gasteiger partial charge in [-0.1, -0.05) is 18.2 Å². The van der Waals surface area contributed by atoms with Gasteiger partial charge in [-0.3, -0.25) is 10.1 Å². The molecule has 2 unspecified atom stereocenters. The van der Waals surface area contributed by atoms with Crippen LogP contribution in [0.2, 0.25) is 0 Å². The molecule has 1 aliphatic heterocycles. The third-order valence-electron chi connectivity index (χ3n) is 6.75. The van der Waals surface area contributed by atoms with E-state index in [-0.39, 0.29) is 42.2 Å². The van der Waals surface area contributed by atoms with Crippen LogP contribution in [0.4, 0.5) is 5.69 Å². The van der Waals surface area contributed by atoms with Crippen LogP contribution in [-0.4, -0.2) is 68.1 Å². The highest BCUT2D eigenvalue weighted by atomic mass is 16.6. The second kappa shape index (κ2) is 16.3. The molecule has 232 valence electrons. The molecule has 3 N–H and O–H groups in total. The number of carbonyl (C=O) groups is 2. The Morgan fingerprint density at radius 1 is 1.05 bits per heavy atom. The summed E-state index contributed by atoms with van der Waals surface area (Å²) in [5.74, 6) is -1.39. The first-order valence-corrected chi connectivity index (χ1v) is 14.1. The topological polar surface area (TPSA) is 158 Å². The molecule has 0 saturated carbocycles. The number of nitro groups is 1. The molecule has 0 saturated heterocycles. The van der Waals surface area contributed by atoms with Gasteiger partial charge < -0.3 is 34.7 Å². The second-order valence-corrected chi connectivity index (χ2v) is 9.86. The van der Waals surface area contributed by atoms with Crippen LogP contribution in [-0.2, 0) is 19.1 Å². The van der Waals surface area contributed by atoms with Gasteiger partial charge in [0.25, 0.3) is 5.69 Å². The number of nitrogens with one attached hydrogen (secondary N) is 2. The molecule has 3 rings (SSSR count). The van der Waals surface area contributed by atoms with Crippen molar-refractivity contribution in [3.63, 3.8) is 0 Å². The zero-order valence-corrected chi connectivity index (χ0v) is 24.9. The maximum absolute atomic E-state index is 13.1. The number of hydrogen-bond donors (Lipinski definition) is 3. The van der Waals surface area contributed by atoms with Crippen molar-refractivity contribution in [1.29, 1.82) is 0 Å². The molecule has 43 heavy (non-hydrogen) atoms. The number of ether oxygens (including phenoxy) is 4. The number of hydrogen-bond acceptors (Lipinski definition) is 11. The highest BCUT2D eigenvalue weighted by molar-refractivity contribution is 6.00. The summed E-state index contributed by atoms with van der Waals surface area (Å²) in [6.07, 6.45) is 0.682. The molecule has 12 nitrogen and oxygen atoms in total. The van der Waals surface area contributed by atoms with E-state index >= 15 is 0 Å². The van der Waals surface area contributed by atoms with Gasteiger partial charge in [0.1, 0.15) is 24.2 Å². The molecule has 2 atom stereocenters. The third-order valence-corrected chi connectivity index (χ3v) is 6.75. The number of benzene rings is 2. The van der Waals surface area contributed by atoms with Crippen molar-refractivity contribution in [2.24, 2.45) is 0 Å². The first-order chi connectivity index (χ1) is 20.7. The minimum Gasteiger partial charge on any atom is -0.493 e. The number of para-hydroxylation sites is 1. The number of aliphatic hydroxyl groups is 1. The van der Waals surface area contributed by atoms with Crippen molar-refractivity contribution in [3.8, 4) is 11.5 Å². The lowest BCUT2D eigenvalue weighted by Crippen LogP contribution is -2.32. The Balaban J connectivity index is 1.70. The molecule has 0 fully saturated rings. The van der Waals surface area contributed by atoms with Crippen molar-refractivity contribution in [2.45, 2.75) is 45.6 Å². The minimum absolute atomic E-state index is 0.0992. The van der Waals surface area contributed by atoms with Gasteiger partial charge in [0.15, 0.2) is 0 Å². The molecule has 0 aliphatic carbocycles. The lowest BCUT2D eigenvalue weighted by atomic mass is 9.79. The molecule has 2 aromatic carbocycles. The Morgan fingerprint density at radius 3 is 2.40 bits per heavy atom. The largest absolute Gasteiger partial charge is 0.493 e. The highest BCUT2D eigenvalue weighted by Crippen LogP contribution is 2.44. The van der Waals surface area contributed by atoms with E-state index in [0.29, 0.717) is 42.4 Å². The maximum Gasteiger partial charge on any atom is 0.336 e. The average molecular weight is 598 g/mol. The van der Waals surface area contributed by atoms with Crippen LogP contribution in [0.1, 0.15) is 45.1 Å². The van der Waals surface area contributed by atoms with Crippen LogP contribution in [0.15, 0.2) is 71.1 Å². The van der Waals surface area contributed by atoms with E-state index in [0.717, 1.165) is 6.42 Å². The summed E-state index contributed by atoms with van der Waals surface area (Å²) in [6, 6.07) is 13.4. The summed E-state index contributed by atoms with van der Waals surface area (Å²) in [5.41, 5.74) is 1.22. The fourth-order valence-corrected chi connectivity index (χ4v) is 4.74. The molecule has 0 aromatic heterocycles. The average Bonchev–Trinajstić information content (AvgIpc) is 2.99. The number of unbranched alkanes of at least 4 members (excludes halogenated alkanes) is 1. The molecular weight excluding hydrogens is 558 g/mol. The van der Waals surface area contributed by atoms with Crippen molar-refractivity contribution in [1.82, 2.24) is 10.6 Å². The lowest BCUT2D eigenvalue weighted by molar-refractivity contribution is -0.384. The van der Waals surface area contributed by atoms with Gasteiger partial charge in [-0.25, -0.2) is 9.59 Å². The summed E-state index contributed by atoms with van der Waals surface area (Å²) >= 11 is 0. The number of aliphatic hydroxyl groups excluding tert-OH is 1. The first kappa shape index (κ1) is 33.1. The molecular formula is C31H39N3O9. The van der Waals surface area contributed by atoms with Crippen LogP contribution < -0.4 is 20.1 Å². The Hall–Kier alpha value is -4.42. The number of allylic oxidation sites excluding steroid dienone is 2. The number of non-ortho nitro benzene ring substituents is 1. The number of dihydropyridines is 1. The normalized spacial score (nSPS) is 15.4. The van der Waals surface area contributed by atoms with Crippen molar-refractivity contribution in [2.75, 3.05) is 40.0 Å². The summed E-state index contributed by atoms with van der Waals surface area (Å²) < 4.78 is 21.9. The molecule has 2 aromatic rings. The zero-order chi connectivity index (χ0) is 31.4. The lowest BCUT2D eigenvalue weighted by Gasteiger charge is -2.31. The summed E-state index contributed by atoms with van der Waals surface area (Å²) in [5, 5.41) is 28.1. The highest BCUT2D eigenvalue weighted by Gasteiger charge is 2.40. The van der Waals surface area contributed by atoms with Crippen molar-refractivity contribution >= 4 is 17.6 Å². The summed E-state index contributed by atoms with van der Waals surface area (Å²) in [4.78, 5) is 37.2. The number of rotatable bonds is 16. The van der Waals surface area contributed by atoms with Gasteiger partial charge in [-0.15, -0.1) is 0 Å². The second-order valence-electron chi connectivity index (χ2n) is 9.86. The monoisotopic (exact) mass is 597 g/mol. The van der Waals surface area contributed by atoms with Crippen LogP contribution in [0.3, 0.4) is 0 Å². The van der Waals surface area contributed by atoms with E-state index in [1.165, 1.54) is 25.3 Å². The molecule has 12 heteroatoms. The number of nitrogens with zero attached hydrogens (tertiary/aromatic N) is 1. The first-order valence-electron chi connectivity index (χ1n) is 14.1. The zero-order valence-electron chi connectivity index (χ0n) is 24.9. The van der Waals surface area contributed by atoms with Gasteiger partial charge in [-0.05, 0) is 58.4 Å². The number of nitro benzene ring substituents is 1. The smallest absolute Gasteiger partial charge is 0.336 e. The Bertz CT molecular complexity index is 1340. The molecule has 0 bridgehead atoms. The molecule has 0 radical (unpaired) electrons. The van der Waals surface area contributed by atoms with Gasteiger partial charge >= 0.3 is 11.9 Å². The van der Waals surface area contributed by atoms with Gasteiger partial charge in [0, 0.05) is 35.6 Å². The summed E-state index contributed by atoms with van der Waals surface area (Å²) in [7, 11) is 1.23. The van der Waals surface area contributed by atoms with Crippen LogP contribution in [0, 0.1) is 10.1 Å². The molecule has 1 aliphatic rings. The molecule has 0 spiro atoms. The molecule has 1 heterocycles. The van der Waals surface area contributed by atoms with Crippen molar-refractivity contribution in [3.05, 3.63) is 86.7 Å². The van der Waals surface area contributed by atoms with E-state index in [1.54, 1.807) is 20.8 Å². The standard InChI is InChI=1S/C31H39N3O9/c1-5-41-31(37)28-21(3)33-20(2)27(30(36)40-4)29(28)25-17-22(34(38)39)13-14-26(25)42-16-10-9-15-32-18-23(35)19-43-24-11-7-6-8-12-24/h6-8,11-14,17,23,29,32-33,35H,5,9-10,15-16,18-19H2,1-4H3. The predicted octanol–water partition coefficient (Wildman–Crippen LogP) is 3.75.